The molecule has 2 aliphatic rings. The molecule has 1 aliphatic heterocycles. The molecule has 1 aliphatic carbocycles. The number of nitrogens with one attached hydrogen (secondary N) is 1. The molecule has 152 valence electrons. The molecule has 1 aromatic rings. The molecule has 1 heterocycles. The van der Waals surface area contributed by atoms with Crippen molar-refractivity contribution >= 4 is 0 Å². The van der Waals surface area contributed by atoms with Crippen LogP contribution in [-0.2, 0) is 6.42 Å². The molecule has 0 bridgehead atoms. The predicted molar refractivity (Wildman–Crippen MR) is 118 cm³/mol. The molecule has 0 amide bonds. The second-order valence-corrected chi connectivity index (χ2v) is 9.83. The highest BCUT2D eigenvalue weighted by atomic mass is 14.9. The van der Waals surface area contributed by atoms with Crippen LogP contribution in [0.1, 0.15) is 84.1 Å². The quantitative estimate of drug-likeness (QED) is 0.577. The first-order valence-electron chi connectivity index (χ1n) is 11.9. The first-order valence-corrected chi connectivity index (χ1v) is 11.9. The van der Waals surface area contributed by atoms with Crippen molar-refractivity contribution in [3.8, 4) is 0 Å². The zero-order valence-corrected chi connectivity index (χ0v) is 18.1. The van der Waals surface area contributed by atoms with E-state index in [4.69, 9.17) is 0 Å². The Labute approximate surface area is 168 Å². The van der Waals surface area contributed by atoms with Crippen molar-refractivity contribution in [2.45, 2.75) is 91.0 Å². The van der Waals surface area contributed by atoms with E-state index in [1.54, 1.807) is 0 Å². The molecule has 3 rings (SSSR count). The van der Waals surface area contributed by atoms with Crippen molar-refractivity contribution in [2.24, 2.45) is 29.6 Å². The van der Waals surface area contributed by atoms with Gasteiger partial charge >= 0.3 is 0 Å². The van der Waals surface area contributed by atoms with Crippen LogP contribution >= 0.6 is 0 Å². The van der Waals surface area contributed by atoms with Crippen molar-refractivity contribution in [1.82, 2.24) is 5.32 Å². The molecule has 1 aromatic carbocycles. The minimum atomic E-state index is 0.706. The average Bonchev–Trinajstić information content (AvgIpc) is 2.64. The maximum absolute atomic E-state index is 3.98. The highest BCUT2D eigenvalue weighted by molar-refractivity contribution is 5.14. The van der Waals surface area contributed by atoms with Gasteiger partial charge < -0.3 is 5.32 Å². The monoisotopic (exact) mass is 369 g/mol. The van der Waals surface area contributed by atoms with Crippen molar-refractivity contribution in [3.05, 3.63) is 35.9 Å². The number of aryl methyl sites for hydroxylation is 1. The predicted octanol–water partition coefficient (Wildman–Crippen LogP) is 6.87. The Kier molecular flexibility index (Phi) is 8.24. The molecule has 0 aromatic heterocycles. The van der Waals surface area contributed by atoms with E-state index in [0.29, 0.717) is 6.04 Å². The topological polar surface area (TPSA) is 12.0 Å². The third-order valence-corrected chi connectivity index (χ3v) is 7.78. The Bertz CT molecular complexity index is 514. The van der Waals surface area contributed by atoms with Gasteiger partial charge in [0.05, 0.1) is 0 Å². The van der Waals surface area contributed by atoms with Gasteiger partial charge in [-0.3, -0.25) is 0 Å². The highest BCUT2D eigenvalue weighted by Gasteiger charge is 2.38. The molecule has 27 heavy (non-hydrogen) atoms. The van der Waals surface area contributed by atoms with Gasteiger partial charge in [0.1, 0.15) is 0 Å². The van der Waals surface area contributed by atoms with E-state index in [-0.39, 0.29) is 0 Å². The lowest BCUT2D eigenvalue weighted by molar-refractivity contribution is 0.0776. The first kappa shape index (κ1) is 20.9. The van der Waals surface area contributed by atoms with Gasteiger partial charge in [0.2, 0.25) is 0 Å². The number of benzene rings is 1. The van der Waals surface area contributed by atoms with Crippen LogP contribution in [0, 0.1) is 29.6 Å². The Hall–Kier alpha value is -0.820. The van der Waals surface area contributed by atoms with Gasteiger partial charge in [-0.25, -0.2) is 0 Å². The summed E-state index contributed by atoms with van der Waals surface area (Å²) in [6, 6.07) is 11.8. The normalized spacial score (nSPS) is 29.3. The summed E-state index contributed by atoms with van der Waals surface area (Å²) in [5.41, 5.74) is 1.50. The summed E-state index contributed by atoms with van der Waals surface area (Å²) < 4.78 is 0. The molecule has 1 saturated heterocycles. The first-order chi connectivity index (χ1) is 13.2. The number of hydrogen-bond acceptors (Lipinski definition) is 1. The van der Waals surface area contributed by atoms with Crippen LogP contribution in [-0.4, -0.2) is 12.6 Å². The van der Waals surface area contributed by atoms with Gasteiger partial charge in [0, 0.05) is 6.04 Å². The van der Waals surface area contributed by atoms with E-state index in [1.807, 2.05) is 0 Å². The van der Waals surface area contributed by atoms with Crippen molar-refractivity contribution < 1.29 is 0 Å². The van der Waals surface area contributed by atoms with Gasteiger partial charge in [-0.2, -0.15) is 0 Å². The summed E-state index contributed by atoms with van der Waals surface area (Å²) in [5.74, 6) is 4.31. The summed E-state index contributed by atoms with van der Waals surface area (Å²) in [4.78, 5) is 0. The number of rotatable bonds is 6. The second-order valence-electron chi connectivity index (χ2n) is 9.83. The lowest BCUT2D eigenvalue weighted by atomic mass is 9.66. The fourth-order valence-electron chi connectivity index (χ4n) is 6.16. The van der Waals surface area contributed by atoms with Crippen LogP contribution in [0.4, 0.5) is 0 Å². The van der Waals surface area contributed by atoms with Gasteiger partial charge in [0.25, 0.3) is 0 Å². The Morgan fingerprint density at radius 3 is 2.26 bits per heavy atom. The third kappa shape index (κ3) is 5.83. The number of hydrogen-bond donors (Lipinski definition) is 1. The van der Waals surface area contributed by atoms with E-state index in [2.05, 4.69) is 56.4 Å². The summed E-state index contributed by atoms with van der Waals surface area (Å²) >= 11 is 0. The molecule has 2 fully saturated rings. The Morgan fingerprint density at radius 2 is 1.59 bits per heavy atom. The van der Waals surface area contributed by atoms with Crippen LogP contribution in [0.15, 0.2) is 30.3 Å². The molecule has 1 N–H and O–H groups in total. The molecule has 0 radical (unpaired) electrons. The van der Waals surface area contributed by atoms with E-state index < -0.39 is 0 Å². The maximum atomic E-state index is 3.98. The Morgan fingerprint density at radius 1 is 0.926 bits per heavy atom. The molecular formula is C26H43N. The minimum absolute atomic E-state index is 0.706. The smallest absolute Gasteiger partial charge is 0.0126 e. The summed E-state index contributed by atoms with van der Waals surface area (Å²) in [6.45, 7) is 8.72. The molecule has 1 heteroatoms. The Balaban J connectivity index is 1.64. The van der Waals surface area contributed by atoms with Crippen LogP contribution < -0.4 is 5.32 Å². The lowest BCUT2D eigenvalue weighted by Gasteiger charge is -2.46. The van der Waals surface area contributed by atoms with Gasteiger partial charge in [0.15, 0.2) is 0 Å². The van der Waals surface area contributed by atoms with Crippen LogP contribution in [0.3, 0.4) is 0 Å². The standard InChI is InChI=1S/C26H43N/c1-20(2)24(17-16-22-12-8-7-9-13-22)26-21(3)25(18-19-27-26)23-14-10-5-4-6-11-15-23/h7-9,12-13,20-21,23-27H,4-6,10-11,14-19H2,1-3H3. The third-order valence-electron chi connectivity index (χ3n) is 7.78. The molecule has 4 unspecified atom stereocenters. The zero-order valence-electron chi connectivity index (χ0n) is 18.1. The van der Waals surface area contributed by atoms with Crippen molar-refractivity contribution in [2.75, 3.05) is 6.54 Å². The van der Waals surface area contributed by atoms with E-state index in [1.165, 1.54) is 76.3 Å². The van der Waals surface area contributed by atoms with Crippen molar-refractivity contribution in [1.29, 1.82) is 0 Å². The molecule has 1 nitrogen and oxygen atoms in total. The minimum Gasteiger partial charge on any atom is -0.313 e. The fraction of sp³-hybridized carbons (Fsp3) is 0.769. The molecule has 4 atom stereocenters. The SMILES string of the molecule is CC(C)C(CCc1ccccc1)C1NCCC(C2CCCCCCC2)C1C. The molecule has 1 saturated carbocycles. The fourth-order valence-corrected chi connectivity index (χ4v) is 6.16. The van der Waals surface area contributed by atoms with Crippen LogP contribution in [0.25, 0.3) is 0 Å². The van der Waals surface area contributed by atoms with Crippen LogP contribution in [0.2, 0.25) is 0 Å². The largest absolute Gasteiger partial charge is 0.313 e. The van der Waals surface area contributed by atoms with Gasteiger partial charge in [-0.1, -0.05) is 96.0 Å². The van der Waals surface area contributed by atoms with Crippen molar-refractivity contribution in [3.63, 3.8) is 0 Å². The van der Waals surface area contributed by atoms with Gasteiger partial charge in [-0.15, -0.1) is 0 Å². The van der Waals surface area contributed by atoms with E-state index in [0.717, 1.165) is 29.6 Å². The maximum Gasteiger partial charge on any atom is 0.0126 e. The summed E-state index contributed by atoms with van der Waals surface area (Å²) in [7, 11) is 0. The second kappa shape index (κ2) is 10.6. The highest BCUT2D eigenvalue weighted by Crippen LogP contribution is 2.40. The lowest BCUT2D eigenvalue weighted by Crippen LogP contribution is -2.52. The van der Waals surface area contributed by atoms with Gasteiger partial charge in [-0.05, 0) is 61.0 Å². The summed E-state index contributed by atoms with van der Waals surface area (Å²) in [5, 5.41) is 3.98. The summed E-state index contributed by atoms with van der Waals surface area (Å²) in [6.07, 6.45) is 14.3. The van der Waals surface area contributed by atoms with Crippen LogP contribution in [0.5, 0.6) is 0 Å². The molecular weight excluding hydrogens is 326 g/mol. The number of piperidine rings is 1. The zero-order chi connectivity index (χ0) is 19.1. The van der Waals surface area contributed by atoms with E-state index in [9.17, 15) is 0 Å². The average molecular weight is 370 g/mol. The molecule has 0 spiro atoms. The van der Waals surface area contributed by atoms with E-state index >= 15 is 0 Å².